The second-order valence-corrected chi connectivity index (χ2v) is 7.80. The van der Waals surface area contributed by atoms with Crippen LogP contribution in [-0.2, 0) is 14.8 Å². The van der Waals surface area contributed by atoms with Crippen LogP contribution in [0.15, 0.2) is 32.0 Å². The quantitative estimate of drug-likeness (QED) is 0.699. The molecule has 0 aliphatic carbocycles. The van der Waals surface area contributed by atoms with E-state index in [-0.39, 0.29) is 23.8 Å². The molecule has 20 heavy (non-hydrogen) atoms. The Balaban J connectivity index is 2.82. The third-order valence-corrected chi connectivity index (χ3v) is 5.68. The molecule has 0 bridgehead atoms. The molecule has 0 aromatic heterocycles. The monoisotopic (exact) mass is 427 g/mol. The molecule has 0 amide bonds. The van der Waals surface area contributed by atoms with Crippen LogP contribution in [-0.4, -0.2) is 26.0 Å². The van der Waals surface area contributed by atoms with Crippen molar-refractivity contribution in [1.29, 1.82) is 0 Å². The fraction of sp³-hybridized carbons (Fsp3) is 0.417. The Morgan fingerprint density at radius 1 is 1.40 bits per heavy atom. The smallest absolute Gasteiger partial charge is 0.303 e. The number of benzene rings is 1. The maximum Gasteiger partial charge on any atom is 0.303 e. The van der Waals surface area contributed by atoms with Crippen LogP contribution in [0.5, 0.6) is 0 Å². The van der Waals surface area contributed by atoms with E-state index in [9.17, 15) is 13.2 Å². The molecule has 0 saturated heterocycles. The minimum absolute atomic E-state index is 0.0550. The molecule has 1 aromatic rings. The van der Waals surface area contributed by atoms with Gasteiger partial charge in [0, 0.05) is 21.9 Å². The number of halogens is 2. The van der Waals surface area contributed by atoms with Crippen molar-refractivity contribution in [3.8, 4) is 0 Å². The molecule has 0 spiro atoms. The van der Waals surface area contributed by atoms with Crippen molar-refractivity contribution in [3.63, 3.8) is 0 Å². The Kier molecular flexibility index (Phi) is 6.63. The van der Waals surface area contributed by atoms with Crippen LogP contribution in [0.1, 0.15) is 19.8 Å². The molecule has 2 N–H and O–H groups in total. The van der Waals surface area contributed by atoms with Gasteiger partial charge in [-0.1, -0.05) is 29.3 Å². The standard InChI is InChI=1S/C12H15Br2NO4S/c1-2-8(5-12(16)17)7-15-20(18,19)11-4-3-9(13)6-10(11)14/h3-4,6,8,15H,2,5,7H2,1H3,(H,16,17). The van der Waals surface area contributed by atoms with E-state index in [1.54, 1.807) is 12.1 Å². The van der Waals surface area contributed by atoms with Gasteiger partial charge in [0.1, 0.15) is 0 Å². The molecular weight excluding hydrogens is 414 g/mol. The summed E-state index contributed by atoms with van der Waals surface area (Å²) in [7, 11) is -3.66. The number of sulfonamides is 1. The molecule has 0 heterocycles. The zero-order chi connectivity index (χ0) is 15.3. The molecule has 1 aromatic carbocycles. The van der Waals surface area contributed by atoms with E-state index in [2.05, 4.69) is 36.6 Å². The summed E-state index contributed by atoms with van der Waals surface area (Å²) in [5, 5.41) is 8.75. The number of rotatable bonds is 7. The first-order valence-corrected chi connectivity index (χ1v) is 8.99. The van der Waals surface area contributed by atoms with Crippen LogP contribution in [0, 0.1) is 5.92 Å². The van der Waals surface area contributed by atoms with E-state index in [0.717, 1.165) is 4.47 Å². The third-order valence-electron chi connectivity index (χ3n) is 2.79. The van der Waals surface area contributed by atoms with Crippen LogP contribution in [0.2, 0.25) is 0 Å². The average Bonchev–Trinajstić information content (AvgIpc) is 2.33. The summed E-state index contributed by atoms with van der Waals surface area (Å²) in [4.78, 5) is 10.8. The van der Waals surface area contributed by atoms with Gasteiger partial charge < -0.3 is 5.11 Å². The van der Waals surface area contributed by atoms with Gasteiger partial charge >= 0.3 is 5.97 Å². The molecule has 0 saturated carbocycles. The first-order chi connectivity index (χ1) is 9.26. The minimum Gasteiger partial charge on any atom is -0.481 e. The summed E-state index contributed by atoms with van der Waals surface area (Å²) in [6.07, 6.45) is 0.539. The van der Waals surface area contributed by atoms with Crippen molar-refractivity contribution in [2.45, 2.75) is 24.7 Å². The van der Waals surface area contributed by atoms with Gasteiger partial charge in [0.15, 0.2) is 0 Å². The number of carboxylic acids is 1. The Labute approximate surface area is 135 Å². The van der Waals surface area contributed by atoms with Crippen LogP contribution in [0.25, 0.3) is 0 Å². The van der Waals surface area contributed by atoms with E-state index in [1.807, 2.05) is 6.92 Å². The van der Waals surface area contributed by atoms with Gasteiger partial charge in [-0.05, 0) is 40.0 Å². The molecule has 0 fully saturated rings. The topological polar surface area (TPSA) is 83.5 Å². The second-order valence-electron chi connectivity index (χ2n) is 4.30. The van der Waals surface area contributed by atoms with Gasteiger partial charge in [-0.15, -0.1) is 0 Å². The van der Waals surface area contributed by atoms with E-state index in [4.69, 9.17) is 5.11 Å². The summed E-state index contributed by atoms with van der Waals surface area (Å²) >= 11 is 6.46. The number of nitrogens with one attached hydrogen (secondary N) is 1. The van der Waals surface area contributed by atoms with Crippen LogP contribution in [0.3, 0.4) is 0 Å². The molecule has 1 atom stereocenters. The molecular formula is C12H15Br2NO4S. The van der Waals surface area contributed by atoms with Crippen LogP contribution < -0.4 is 4.72 Å². The summed E-state index contributed by atoms with van der Waals surface area (Å²) in [5.74, 6) is -1.16. The molecule has 0 radical (unpaired) electrons. The van der Waals surface area contributed by atoms with E-state index in [0.29, 0.717) is 10.9 Å². The summed E-state index contributed by atoms with van der Waals surface area (Å²) in [6.45, 7) is 1.94. The maximum absolute atomic E-state index is 12.2. The van der Waals surface area contributed by atoms with Crippen molar-refractivity contribution < 1.29 is 18.3 Å². The highest BCUT2D eigenvalue weighted by atomic mass is 79.9. The number of hydrogen-bond donors (Lipinski definition) is 2. The maximum atomic E-state index is 12.2. The molecule has 1 unspecified atom stereocenters. The van der Waals surface area contributed by atoms with Crippen molar-refractivity contribution in [2.75, 3.05) is 6.54 Å². The average molecular weight is 429 g/mol. The van der Waals surface area contributed by atoms with Crippen molar-refractivity contribution in [1.82, 2.24) is 4.72 Å². The molecule has 8 heteroatoms. The second kappa shape index (κ2) is 7.53. The number of aliphatic carboxylic acids is 1. The largest absolute Gasteiger partial charge is 0.481 e. The van der Waals surface area contributed by atoms with E-state index >= 15 is 0 Å². The highest BCUT2D eigenvalue weighted by Gasteiger charge is 2.20. The highest BCUT2D eigenvalue weighted by Crippen LogP contribution is 2.25. The Hall–Kier alpha value is -0.440. The number of carbonyl (C=O) groups is 1. The van der Waals surface area contributed by atoms with Crippen LogP contribution in [0.4, 0.5) is 0 Å². The predicted octanol–water partition coefficient (Wildman–Crippen LogP) is 2.99. The lowest BCUT2D eigenvalue weighted by molar-refractivity contribution is -0.138. The Bertz CT molecular complexity index is 589. The third kappa shape index (κ3) is 5.16. The minimum atomic E-state index is -3.66. The van der Waals surface area contributed by atoms with Crippen molar-refractivity contribution >= 4 is 47.9 Å². The van der Waals surface area contributed by atoms with Gasteiger partial charge in [0.2, 0.25) is 10.0 Å². The van der Waals surface area contributed by atoms with Crippen molar-refractivity contribution in [2.24, 2.45) is 5.92 Å². The normalized spacial score (nSPS) is 13.2. The summed E-state index contributed by atoms with van der Waals surface area (Å²) < 4.78 is 28.0. The lowest BCUT2D eigenvalue weighted by Crippen LogP contribution is -2.30. The summed E-state index contributed by atoms with van der Waals surface area (Å²) in [5.41, 5.74) is 0. The summed E-state index contributed by atoms with van der Waals surface area (Å²) in [6, 6.07) is 4.76. The van der Waals surface area contributed by atoms with Gasteiger partial charge in [-0.3, -0.25) is 4.79 Å². The first-order valence-electron chi connectivity index (χ1n) is 5.92. The van der Waals surface area contributed by atoms with Gasteiger partial charge in [0.05, 0.1) is 4.90 Å². The van der Waals surface area contributed by atoms with Crippen LogP contribution >= 0.6 is 31.9 Å². The Morgan fingerprint density at radius 3 is 2.55 bits per heavy atom. The lowest BCUT2D eigenvalue weighted by Gasteiger charge is -2.14. The molecule has 5 nitrogen and oxygen atoms in total. The zero-order valence-corrected chi connectivity index (χ0v) is 14.8. The van der Waals surface area contributed by atoms with E-state index in [1.165, 1.54) is 6.07 Å². The number of carboxylic acid groups (broad SMARTS) is 1. The van der Waals surface area contributed by atoms with Gasteiger partial charge in [-0.25, -0.2) is 13.1 Å². The molecule has 112 valence electrons. The van der Waals surface area contributed by atoms with Crippen molar-refractivity contribution in [3.05, 3.63) is 27.1 Å². The highest BCUT2D eigenvalue weighted by molar-refractivity contribution is 9.11. The fourth-order valence-corrected chi connectivity index (χ4v) is 4.47. The first kappa shape index (κ1) is 17.6. The fourth-order valence-electron chi connectivity index (χ4n) is 1.61. The molecule has 1 rings (SSSR count). The van der Waals surface area contributed by atoms with Gasteiger partial charge in [0.25, 0.3) is 0 Å². The van der Waals surface area contributed by atoms with Gasteiger partial charge in [-0.2, -0.15) is 0 Å². The zero-order valence-electron chi connectivity index (χ0n) is 10.8. The SMILES string of the molecule is CCC(CNS(=O)(=O)c1ccc(Br)cc1Br)CC(=O)O. The molecule has 0 aliphatic rings. The number of hydrogen-bond acceptors (Lipinski definition) is 3. The lowest BCUT2D eigenvalue weighted by atomic mass is 10.0. The molecule has 0 aliphatic heterocycles. The Morgan fingerprint density at radius 2 is 2.05 bits per heavy atom. The van der Waals surface area contributed by atoms with E-state index < -0.39 is 16.0 Å². The predicted molar refractivity (Wildman–Crippen MR) is 83.1 cm³/mol.